The Hall–Kier alpha value is -2.84. The van der Waals surface area contributed by atoms with Crippen LogP contribution in [0.25, 0.3) is 16.4 Å². The van der Waals surface area contributed by atoms with Crippen molar-refractivity contribution in [2.24, 2.45) is 0 Å². The number of hydrogen-bond donors (Lipinski definition) is 0. The van der Waals surface area contributed by atoms with Gasteiger partial charge in [-0.3, -0.25) is 0 Å². The van der Waals surface area contributed by atoms with Crippen LogP contribution in [-0.2, 0) is 15.9 Å². The van der Waals surface area contributed by atoms with Crippen LogP contribution in [0, 0.1) is 18.3 Å². The number of esters is 1. The highest BCUT2D eigenvalue weighted by molar-refractivity contribution is 5.98. The van der Waals surface area contributed by atoms with E-state index in [0.29, 0.717) is 36.3 Å². The third-order valence-corrected chi connectivity index (χ3v) is 4.51. The molecule has 0 aliphatic carbocycles. The first-order valence-electron chi connectivity index (χ1n) is 8.25. The van der Waals surface area contributed by atoms with Crippen LogP contribution >= 0.6 is 0 Å². The summed E-state index contributed by atoms with van der Waals surface area (Å²) in [5.41, 5.74) is 4.43. The highest BCUT2D eigenvalue weighted by Gasteiger charge is 2.21. The molecule has 1 aromatic carbocycles. The summed E-state index contributed by atoms with van der Waals surface area (Å²) in [5, 5.41) is 10.8. The van der Waals surface area contributed by atoms with Crippen molar-refractivity contribution in [2.75, 3.05) is 20.3 Å². The maximum Gasteiger partial charge on any atom is 0.339 e. The van der Waals surface area contributed by atoms with E-state index in [1.807, 2.05) is 35.6 Å². The molecule has 0 saturated carbocycles. The predicted octanol–water partition coefficient (Wildman–Crippen LogP) is 3.64. The average molecular weight is 336 g/mol. The predicted molar refractivity (Wildman–Crippen MR) is 95.9 cm³/mol. The summed E-state index contributed by atoms with van der Waals surface area (Å²) in [4.78, 5) is 12.1. The molecular formula is C20H20N2O3. The van der Waals surface area contributed by atoms with Crippen molar-refractivity contribution >= 4 is 22.4 Å². The van der Waals surface area contributed by atoms with Gasteiger partial charge >= 0.3 is 5.97 Å². The molecule has 0 saturated heterocycles. The molecule has 0 bridgehead atoms. The van der Waals surface area contributed by atoms with Gasteiger partial charge in [-0.05, 0) is 37.5 Å². The molecule has 0 fully saturated rings. The van der Waals surface area contributed by atoms with Crippen molar-refractivity contribution in [1.82, 2.24) is 4.40 Å². The van der Waals surface area contributed by atoms with Crippen molar-refractivity contribution in [2.45, 2.75) is 20.3 Å². The molecule has 2 heterocycles. The first-order chi connectivity index (χ1) is 12.1. The molecule has 0 unspecified atom stereocenters. The molecule has 0 aliphatic rings. The summed E-state index contributed by atoms with van der Waals surface area (Å²) in [6, 6.07) is 10.2. The number of pyridine rings is 1. The Labute approximate surface area is 146 Å². The summed E-state index contributed by atoms with van der Waals surface area (Å²) in [6.45, 7) is 4.99. The minimum atomic E-state index is -0.440. The van der Waals surface area contributed by atoms with Gasteiger partial charge in [-0.25, -0.2) is 4.79 Å². The summed E-state index contributed by atoms with van der Waals surface area (Å²) in [7, 11) is 1.35. The van der Waals surface area contributed by atoms with Crippen LogP contribution in [0.4, 0.5) is 0 Å². The van der Waals surface area contributed by atoms with Crippen molar-refractivity contribution in [3.63, 3.8) is 0 Å². The lowest BCUT2D eigenvalue weighted by Gasteiger charge is -2.10. The molecule has 0 atom stereocenters. The topological polar surface area (TPSA) is 63.7 Å². The fourth-order valence-electron chi connectivity index (χ4n) is 3.30. The van der Waals surface area contributed by atoms with Crippen LogP contribution in [0.1, 0.15) is 34.0 Å². The molecule has 0 spiro atoms. The highest BCUT2D eigenvalue weighted by atomic mass is 16.5. The highest BCUT2D eigenvalue weighted by Crippen LogP contribution is 2.32. The van der Waals surface area contributed by atoms with Crippen molar-refractivity contribution < 1.29 is 14.3 Å². The first-order valence-corrected chi connectivity index (χ1v) is 8.25. The lowest BCUT2D eigenvalue weighted by Crippen LogP contribution is -2.08. The van der Waals surface area contributed by atoms with Crippen LogP contribution < -0.4 is 0 Å². The number of rotatable bonds is 5. The fraction of sp³-hybridized carbons (Fsp3) is 0.300. The number of carbonyl (C=O) groups is 1. The van der Waals surface area contributed by atoms with E-state index in [1.54, 1.807) is 13.1 Å². The minimum absolute atomic E-state index is 0.406. The summed E-state index contributed by atoms with van der Waals surface area (Å²) < 4.78 is 12.3. The van der Waals surface area contributed by atoms with Gasteiger partial charge in [0.05, 0.1) is 35.9 Å². The molecule has 5 heteroatoms. The van der Waals surface area contributed by atoms with Crippen molar-refractivity contribution in [1.29, 1.82) is 5.26 Å². The molecular weight excluding hydrogens is 316 g/mol. The third kappa shape index (κ3) is 2.75. The number of hydrogen-bond acceptors (Lipinski definition) is 4. The van der Waals surface area contributed by atoms with Crippen molar-refractivity contribution in [3.05, 3.63) is 52.7 Å². The summed E-state index contributed by atoms with van der Waals surface area (Å²) in [5.74, 6) is -0.440. The number of aromatic nitrogens is 1. The lowest BCUT2D eigenvalue weighted by atomic mass is 10.0. The summed E-state index contributed by atoms with van der Waals surface area (Å²) >= 11 is 0. The van der Waals surface area contributed by atoms with E-state index >= 15 is 0 Å². The zero-order chi connectivity index (χ0) is 18.0. The number of para-hydroxylation sites is 1. The molecule has 2 aromatic heterocycles. The van der Waals surface area contributed by atoms with Gasteiger partial charge in [-0.15, -0.1) is 0 Å². The largest absolute Gasteiger partial charge is 0.465 e. The molecule has 3 rings (SSSR count). The van der Waals surface area contributed by atoms with E-state index < -0.39 is 5.97 Å². The first kappa shape index (κ1) is 17.0. The Balaban J connectivity index is 2.39. The number of methoxy groups -OCH3 is 1. The molecule has 5 nitrogen and oxygen atoms in total. The summed E-state index contributed by atoms with van der Waals surface area (Å²) in [6.07, 6.45) is 2.47. The molecule has 0 N–H and O–H groups in total. The monoisotopic (exact) mass is 336 g/mol. The van der Waals surface area contributed by atoms with E-state index in [1.165, 1.54) is 7.11 Å². The van der Waals surface area contributed by atoms with Gasteiger partial charge in [-0.1, -0.05) is 18.2 Å². The maximum absolute atomic E-state index is 12.1. The minimum Gasteiger partial charge on any atom is -0.465 e. The van der Waals surface area contributed by atoms with Crippen molar-refractivity contribution in [3.8, 4) is 6.07 Å². The molecule has 0 aliphatic heterocycles. The number of carbonyl (C=O) groups excluding carboxylic acids is 1. The second-order valence-electron chi connectivity index (χ2n) is 5.81. The fourth-order valence-corrected chi connectivity index (χ4v) is 3.30. The van der Waals surface area contributed by atoms with Crippen LogP contribution in [0.2, 0.25) is 0 Å². The molecule has 3 aromatic rings. The number of benzene rings is 1. The molecule has 0 amide bonds. The van der Waals surface area contributed by atoms with Gasteiger partial charge in [0.15, 0.2) is 0 Å². The van der Waals surface area contributed by atoms with E-state index in [0.717, 1.165) is 22.0 Å². The molecule has 0 radical (unpaired) electrons. The van der Waals surface area contributed by atoms with Crippen LogP contribution in [0.5, 0.6) is 0 Å². The second kappa shape index (κ2) is 6.96. The molecule has 128 valence electrons. The Bertz CT molecular complexity index is 996. The quantitative estimate of drug-likeness (QED) is 0.527. The number of fused-ring (bicyclic) bond motifs is 3. The number of nitriles is 1. The van der Waals surface area contributed by atoms with Gasteiger partial charge in [0.2, 0.25) is 0 Å². The normalized spacial score (nSPS) is 11.0. The Morgan fingerprint density at radius 2 is 2.08 bits per heavy atom. The second-order valence-corrected chi connectivity index (χ2v) is 5.81. The smallest absolute Gasteiger partial charge is 0.339 e. The zero-order valence-corrected chi connectivity index (χ0v) is 14.6. The van der Waals surface area contributed by atoms with E-state index in [2.05, 4.69) is 6.07 Å². The van der Waals surface area contributed by atoms with Crippen LogP contribution in [0.3, 0.4) is 0 Å². The van der Waals surface area contributed by atoms with E-state index in [4.69, 9.17) is 9.47 Å². The van der Waals surface area contributed by atoms with Gasteiger partial charge < -0.3 is 13.9 Å². The van der Waals surface area contributed by atoms with Crippen LogP contribution in [0.15, 0.2) is 30.5 Å². The lowest BCUT2D eigenvalue weighted by molar-refractivity contribution is 0.0599. The Morgan fingerprint density at radius 3 is 2.76 bits per heavy atom. The van der Waals surface area contributed by atoms with E-state index in [9.17, 15) is 10.1 Å². The zero-order valence-electron chi connectivity index (χ0n) is 14.6. The third-order valence-electron chi connectivity index (χ3n) is 4.51. The number of ether oxygens (including phenoxy) is 2. The van der Waals surface area contributed by atoms with Gasteiger partial charge in [0, 0.05) is 18.2 Å². The van der Waals surface area contributed by atoms with Gasteiger partial charge in [-0.2, -0.15) is 5.26 Å². The van der Waals surface area contributed by atoms with Gasteiger partial charge in [0.1, 0.15) is 6.07 Å². The Morgan fingerprint density at radius 1 is 1.32 bits per heavy atom. The molecule has 25 heavy (non-hydrogen) atoms. The SMILES string of the molecule is CCOCCc1c2ccccc2n2cc(C(=O)OC)c(C)c(C#N)c12. The van der Waals surface area contributed by atoms with E-state index in [-0.39, 0.29) is 0 Å². The Kier molecular flexibility index (Phi) is 4.73. The number of nitrogens with zero attached hydrogens (tertiary/aromatic N) is 2. The van der Waals surface area contributed by atoms with Gasteiger partial charge in [0.25, 0.3) is 0 Å². The standard InChI is InChI=1S/C20H20N2O3/c1-4-25-10-9-15-14-7-5-6-8-18(14)22-12-17(20(23)24-3)13(2)16(11-21)19(15)22/h5-8,12H,4,9-10H2,1-3H3. The van der Waals surface area contributed by atoms with Crippen LogP contribution in [-0.4, -0.2) is 30.7 Å². The maximum atomic E-state index is 12.1. The average Bonchev–Trinajstić information content (AvgIpc) is 2.94.